The molecule has 176 valence electrons. The Balaban J connectivity index is 1.47. The highest BCUT2D eigenvalue weighted by molar-refractivity contribution is 7.14. The van der Waals surface area contributed by atoms with Crippen LogP contribution in [0.4, 0.5) is 27.1 Å². The zero-order chi connectivity index (χ0) is 24.1. The third kappa shape index (κ3) is 5.79. The topological polar surface area (TPSA) is 146 Å². The molecule has 3 heterocycles. The Bertz CT molecular complexity index is 1270. The second kappa shape index (κ2) is 10.2. The average molecular weight is 482 g/mol. The van der Waals surface area contributed by atoms with Gasteiger partial charge in [-0.3, -0.25) is 10.4 Å². The second-order valence-corrected chi connectivity index (χ2v) is 8.16. The van der Waals surface area contributed by atoms with Crippen molar-refractivity contribution in [2.75, 3.05) is 23.1 Å². The minimum Gasteiger partial charge on any atom is -0.493 e. The van der Waals surface area contributed by atoms with E-state index in [0.29, 0.717) is 40.2 Å². The van der Waals surface area contributed by atoms with Crippen LogP contribution in [-0.4, -0.2) is 38.4 Å². The van der Waals surface area contributed by atoms with Crippen LogP contribution >= 0.6 is 11.3 Å². The molecule has 2 amide bonds. The zero-order valence-corrected chi connectivity index (χ0v) is 19.4. The molecule has 4 rings (SSSR count). The number of carbonyl (C=O) groups is 1. The largest absolute Gasteiger partial charge is 0.493 e. The lowest BCUT2D eigenvalue weighted by molar-refractivity contribution is 0.194. The molecule has 12 heteroatoms. The number of rotatable bonds is 8. The zero-order valence-electron chi connectivity index (χ0n) is 18.6. The first kappa shape index (κ1) is 23.0. The number of aromatic amines is 1. The van der Waals surface area contributed by atoms with Gasteiger partial charge in [0.05, 0.1) is 23.9 Å². The molecule has 1 aromatic carbocycles. The highest BCUT2D eigenvalue weighted by Gasteiger charge is 2.13. The summed E-state index contributed by atoms with van der Waals surface area (Å²) < 4.78 is 11.3. The third-order valence-corrected chi connectivity index (χ3v) is 5.29. The van der Waals surface area contributed by atoms with E-state index in [4.69, 9.17) is 9.47 Å². The first-order valence-corrected chi connectivity index (χ1v) is 11.1. The Morgan fingerprint density at radius 3 is 2.71 bits per heavy atom. The number of urea groups is 1. The summed E-state index contributed by atoms with van der Waals surface area (Å²) in [6, 6.07) is 11.8. The quantitative estimate of drug-likeness (QED) is 0.241. The fourth-order valence-corrected chi connectivity index (χ4v) is 3.57. The predicted molar refractivity (Wildman–Crippen MR) is 129 cm³/mol. The molecule has 3 aromatic heterocycles. The van der Waals surface area contributed by atoms with E-state index in [1.807, 2.05) is 24.4 Å². The van der Waals surface area contributed by atoms with Gasteiger partial charge in [-0.1, -0.05) is 0 Å². The summed E-state index contributed by atoms with van der Waals surface area (Å²) in [5, 5.41) is 27.7. The number of carbonyl (C=O) groups excluding carboxylic acids is 1. The van der Waals surface area contributed by atoms with Crippen molar-refractivity contribution in [2.24, 2.45) is 0 Å². The minimum absolute atomic E-state index is 0.104. The van der Waals surface area contributed by atoms with Crippen LogP contribution in [0.15, 0.2) is 47.8 Å². The predicted octanol–water partition coefficient (Wildman–Crippen LogP) is 4.81. The summed E-state index contributed by atoms with van der Waals surface area (Å²) in [6.07, 6.45) is -0.690. The van der Waals surface area contributed by atoms with Gasteiger partial charge in [0.2, 0.25) is 0 Å². The number of aliphatic hydroxyl groups excluding tert-OH is 1. The van der Waals surface area contributed by atoms with Crippen LogP contribution < -0.4 is 25.4 Å². The lowest BCUT2D eigenvalue weighted by atomic mass is 10.2. The van der Waals surface area contributed by atoms with Crippen molar-refractivity contribution in [3.8, 4) is 17.5 Å². The molecule has 0 saturated carbocycles. The van der Waals surface area contributed by atoms with Gasteiger partial charge in [-0.25, -0.2) is 9.78 Å². The van der Waals surface area contributed by atoms with Gasteiger partial charge in [-0.15, -0.1) is 11.3 Å². The standard InChI is InChI=1S/C22H23N7O4S/c1-12-9-18(25-19-11-15(13(2)30)28-29-19)26-22(23-12)33-16-7-6-14(10-17(16)32-3)24-21(31)27-20-5-4-8-34-20/h4-11,13,30H,1-3H3,(H2,24,27,31)(H2,23,25,26,28,29). The maximum atomic E-state index is 12.2. The van der Waals surface area contributed by atoms with Crippen molar-refractivity contribution < 1.29 is 19.4 Å². The number of hydrogen-bond donors (Lipinski definition) is 5. The van der Waals surface area contributed by atoms with E-state index in [0.717, 1.165) is 5.00 Å². The molecule has 5 N–H and O–H groups in total. The van der Waals surface area contributed by atoms with Gasteiger partial charge >= 0.3 is 12.0 Å². The molecule has 0 aliphatic rings. The van der Waals surface area contributed by atoms with E-state index >= 15 is 0 Å². The number of methoxy groups -OCH3 is 1. The van der Waals surface area contributed by atoms with Gasteiger partial charge in [-0.2, -0.15) is 10.1 Å². The number of nitrogens with zero attached hydrogens (tertiary/aromatic N) is 3. The molecule has 1 atom stereocenters. The Morgan fingerprint density at radius 1 is 1.15 bits per heavy atom. The summed E-state index contributed by atoms with van der Waals surface area (Å²) in [5.41, 5.74) is 1.71. The first-order valence-electron chi connectivity index (χ1n) is 10.2. The summed E-state index contributed by atoms with van der Waals surface area (Å²) >= 11 is 1.43. The Morgan fingerprint density at radius 2 is 2.00 bits per heavy atom. The Kier molecular flexibility index (Phi) is 6.90. The van der Waals surface area contributed by atoms with Crippen molar-refractivity contribution >= 4 is 39.7 Å². The third-order valence-electron chi connectivity index (χ3n) is 4.50. The van der Waals surface area contributed by atoms with Crippen LogP contribution in [0.2, 0.25) is 0 Å². The molecule has 34 heavy (non-hydrogen) atoms. The Labute approximate surface area is 199 Å². The van der Waals surface area contributed by atoms with Gasteiger partial charge in [0.15, 0.2) is 11.5 Å². The van der Waals surface area contributed by atoms with E-state index in [1.54, 1.807) is 37.3 Å². The van der Waals surface area contributed by atoms with Crippen LogP contribution in [0.3, 0.4) is 0 Å². The smallest absolute Gasteiger partial charge is 0.324 e. The molecule has 11 nitrogen and oxygen atoms in total. The lowest BCUT2D eigenvalue weighted by Crippen LogP contribution is -2.18. The summed E-state index contributed by atoms with van der Waals surface area (Å²) in [6.45, 7) is 3.44. The molecule has 0 radical (unpaired) electrons. The highest BCUT2D eigenvalue weighted by atomic mass is 32.1. The van der Waals surface area contributed by atoms with Crippen molar-refractivity contribution in [3.63, 3.8) is 0 Å². The second-order valence-electron chi connectivity index (χ2n) is 7.21. The Hall–Kier alpha value is -4.16. The molecule has 4 aromatic rings. The van der Waals surface area contributed by atoms with E-state index < -0.39 is 6.10 Å². The van der Waals surface area contributed by atoms with Crippen molar-refractivity contribution in [1.29, 1.82) is 0 Å². The number of aliphatic hydroxyl groups is 1. The summed E-state index contributed by atoms with van der Waals surface area (Å²) in [4.78, 5) is 20.9. The number of hydrogen-bond acceptors (Lipinski definition) is 9. The van der Waals surface area contributed by atoms with E-state index in [-0.39, 0.29) is 12.0 Å². The van der Waals surface area contributed by atoms with E-state index in [1.165, 1.54) is 18.4 Å². The number of aromatic nitrogens is 4. The van der Waals surface area contributed by atoms with Gasteiger partial charge < -0.3 is 25.2 Å². The van der Waals surface area contributed by atoms with Crippen molar-refractivity contribution in [3.05, 3.63) is 59.2 Å². The number of anilines is 4. The monoisotopic (exact) mass is 481 g/mol. The van der Waals surface area contributed by atoms with Crippen LogP contribution in [-0.2, 0) is 0 Å². The number of thiophene rings is 1. The first-order chi connectivity index (χ1) is 16.4. The number of benzene rings is 1. The summed E-state index contributed by atoms with van der Waals surface area (Å²) in [7, 11) is 1.50. The van der Waals surface area contributed by atoms with Crippen LogP contribution in [0, 0.1) is 6.92 Å². The fourth-order valence-electron chi connectivity index (χ4n) is 2.96. The lowest BCUT2D eigenvalue weighted by Gasteiger charge is -2.13. The molecule has 0 aliphatic heterocycles. The highest BCUT2D eigenvalue weighted by Crippen LogP contribution is 2.33. The van der Waals surface area contributed by atoms with Crippen molar-refractivity contribution in [2.45, 2.75) is 20.0 Å². The van der Waals surface area contributed by atoms with E-state index in [9.17, 15) is 9.90 Å². The van der Waals surface area contributed by atoms with Crippen LogP contribution in [0.1, 0.15) is 24.4 Å². The van der Waals surface area contributed by atoms with Gasteiger partial charge in [-0.05, 0) is 43.5 Å². The van der Waals surface area contributed by atoms with E-state index in [2.05, 4.69) is 36.1 Å². The molecule has 0 aliphatic carbocycles. The minimum atomic E-state index is -0.690. The normalized spacial score (nSPS) is 11.5. The molecule has 0 saturated heterocycles. The number of H-pyrrole nitrogens is 1. The maximum Gasteiger partial charge on any atom is 0.324 e. The fraction of sp³-hybridized carbons (Fsp3) is 0.182. The molecular formula is C22H23N7O4S. The van der Waals surface area contributed by atoms with Gasteiger partial charge in [0, 0.05) is 29.6 Å². The molecule has 0 fully saturated rings. The molecule has 0 bridgehead atoms. The van der Waals surface area contributed by atoms with Gasteiger partial charge in [0.25, 0.3) is 0 Å². The molecular weight excluding hydrogens is 458 g/mol. The molecule has 0 spiro atoms. The van der Waals surface area contributed by atoms with Crippen LogP contribution in [0.25, 0.3) is 0 Å². The maximum absolute atomic E-state index is 12.2. The SMILES string of the molecule is COc1cc(NC(=O)Nc2cccs2)ccc1Oc1nc(C)cc(Nc2cc(C(C)O)n[nH]2)n1. The summed E-state index contributed by atoms with van der Waals surface area (Å²) in [5.74, 6) is 1.81. The van der Waals surface area contributed by atoms with Crippen LogP contribution in [0.5, 0.6) is 17.5 Å². The average Bonchev–Trinajstić information content (AvgIpc) is 3.46. The number of aryl methyl sites for hydroxylation is 1. The van der Waals surface area contributed by atoms with Crippen molar-refractivity contribution in [1.82, 2.24) is 20.2 Å². The number of nitrogens with one attached hydrogen (secondary N) is 4. The number of ether oxygens (including phenoxy) is 2. The van der Waals surface area contributed by atoms with Gasteiger partial charge in [0.1, 0.15) is 11.6 Å². The molecule has 1 unspecified atom stereocenters. The number of amides is 2.